The van der Waals surface area contributed by atoms with Gasteiger partial charge in [0.2, 0.25) is 11.5 Å². The lowest BCUT2D eigenvalue weighted by Gasteiger charge is -2.20. The number of amides is 2. The number of nitrogens with two attached hydrogens (primary N) is 1. The number of carbonyl (C=O) groups excluding carboxylic acids is 3. The minimum Gasteiger partial charge on any atom is -0.367 e. The molecule has 1 saturated heterocycles. The number of benzene rings is 1. The number of primary amides is 1. The Kier molecular flexibility index (Phi) is 6.16. The molecular weight excluding hydrogens is 338 g/mol. The van der Waals surface area contributed by atoms with Gasteiger partial charge in [-0.3, -0.25) is 14.4 Å². The Morgan fingerprint density at radius 1 is 1.32 bits per heavy atom. The van der Waals surface area contributed by atoms with E-state index in [-0.39, 0.29) is 13.0 Å². The van der Waals surface area contributed by atoms with E-state index >= 15 is 0 Å². The first-order chi connectivity index (χ1) is 11.8. The molecule has 0 saturated carbocycles. The minimum atomic E-state index is -3.01. The third-order valence-corrected chi connectivity index (χ3v) is 3.64. The highest BCUT2D eigenvalue weighted by molar-refractivity contribution is 6.14. The summed E-state index contributed by atoms with van der Waals surface area (Å²) < 4.78 is 32.7. The van der Waals surface area contributed by atoms with Crippen molar-refractivity contribution in [2.24, 2.45) is 5.73 Å². The first kappa shape index (κ1) is 18.9. The van der Waals surface area contributed by atoms with E-state index in [1.807, 2.05) is 0 Å². The summed E-state index contributed by atoms with van der Waals surface area (Å²) in [6.07, 6.45) is 0.926. The molecule has 0 aliphatic carbocycles. The second kappa shape index (κ2) is 8.13. The number of carbonyl (C=O) groups is 3. The highest BCUT2D eigenvalue weighted by Crippen LogP contribution is 2.29. The number of nitrogens with one attached hydrogen (secondary N) is 1. The normalized spacial score (nSPS) is 20.1. The van der Waals surface area contributed by atoms with E-state index < -0.39 is 42.5 Å². The summed E-state index contributed by atoms with van der Waals surface area (Å²) in [7, 11) is 0. The van der Waals surface area contributed by atoms with Crippen molar-refractivity contribution in [3.05, 3.63) is 42.3 Å². The fourth-order valence-electron chi connectivity index (χ4n) is 2.25. The highest BCUT2D eigenvalue weighted by Gasteiger charge is 2.59. The maximum absolute atomic E-state index is 12.6. The van der Waals surface area contributed by atoms with Crippen LogP contribution >= 0.6 is 0 Å². The van der Waals surface area contributed by atoms with E-state index in [2.05, 4.69) is 10.1 Å². The van der Waals surface area contributed by atoms with Gasteiger partial charge in [-0.1, -0.05) is 30.3 Å². The number of epoxide rings is 1. The van der Waals surface area contributed by atoms with Crippen molar-refractivity contribution in [2.45, 2.75) is 24.7 Å². The topological polar surface area (TPSA) is 111 Å². The van der Waals surface area contributed by atoms with Crippen molar-refractivity contribution in [2.75, 3.05) is 13.2 Å². The van der Waals surface area contributed by atoms with Crippen LogP contribution in [0, 0.1) is 6.42 Å². The van der Waals surface area contributed by atoms with E-state index in [1.54, 1.807) is 30.3 Å². The van der Waals surface area contributed by atoms with Crippen molar-refractivity contribution >= 4 is 17.6 Å². The van der Waals surface area contributed by atoms with Crippen LogP contribution < -0.4 is 11.1 Å². The summed E-state index contributed by atoms with van der Waals surface area (Å²) in [5, 5.41) is 2.38. The third-order valence-electron chi connectivity index (χ3n) is 3.64. The molecule has 2 rings (SSSR count). The zero-order chi connectivity index (χ0) is 18.4. The van der Waals surface area contributed by atoms with Gasteiger partial charge < -0.3 is 20.5 Å². The van der Waals surface area contributed by atoms with Gasteiger partial charge in [-0.05, 0) is 12.0 Å². The Hall–Kier alpha value is -2.39. The number of rotatable bonds is 10. The van der Waals surface area contributed by atoms with Crippen LogP contribution in [0.15, 0.2) is 30.3 Å². The van der Waals surface area contributed by atoms with Crippen molar-refractivity contribution in [1.82, 2.24) is 5.32 Å². The maximum atomic E-state index is 12.6. The summed E-state index contributed by atoms with van der Waals surface area (Å²) in [6, 6.07) is 7.65. The zero-order valence-corrected chi connectivity index (χ0v) is 13.1. The lowest BCUT2D eigenvalue weighted by Crippen LogP contribution is -2.52. The Labute approximate surface area is 142 Å². The molecule has 0 bridgehead atoms. The van der Waals surface area contributed by atoms with E-state index in [1.165, 1.54) is 0 Å². The van der Waals surface area contributed by atoms with Crippen LogP contribution in [0.5, 0.6) is 0 Å². The smallest absolute Gasteiger partial charge is 0.345 e. The number of halogens is 2. The van der Waals surface area contributed by atoms with E-state index in [4.69, 9.17) is 10.5 Å². The van der Waals surface area contributed by atoms with Crippen molar-refractivity contribution in [3.63, 3.8) is 0 Å². The molecule has 7 nitrogen and oxygen atoms in total. The molecule has 2 atom stereocenters. The molecule has 135 valence electrons. The summed E-state index contributed by atoms with van der Waals surface area (Å²) in [6.45, 7) is -3.78. The Morgan fingerprint density at radius 3 is 2.48 bits per heavy atom. The van der Waals surface area contributed by atoms with Crippen molar-refractivity contribution in [1.29, 1.82) is 0 Å². The number of Topliss-reactive ketones (excluding diaryl/α,β-unsaturated/α-hetero) is 1. The minimum absolute atomic E-state index is 0.0906. The molecule has 1 aliphatic rings. The number of hydrogen-bond acceptors (Lipinski definition) is 5. The molecule has 1 radical (unpaired) electrons. The SMILES string of the molecule is NC(=O)[C@]1(C(=O)[C@H](Cc2ccccc2)NC(=O)[CH]COC(F)F)CO1. The molecule has 9 heteroatoms. The van der Waals surface area contributed by atoms with Crippen LogP contribution in [0.2, 0.25) is 0 Å². The quantitative estimate of drug-likeness (QED) is 0.453. The standard InChI is InChI=1S/C16H17F2N2O5/c17-15(18)24-7-6-12(21)20-11(8-10-4-2-1-3-5-10)13(22)16(9-25-16)14(19)23/h1-6,11,15H,7-9H2,(H2,19,23)(H,20,21)/t11-,16+/m0/s1. The fourth-order valence-corrected chi connectivity index (χ4v) is 2.25. The first-order valence-corrected chi connectivity index (χ1v) is 7.40. The molecule has 2 amide bonds. The largest absolute Gasteiger partial charge is 0.367 e. The summed E-state index contributed by atoms with van der Waals surface area (Å²) in [4.78, 5) is 35.9. The molecule has 0 unspecified atom stereocenters. The number of hydrogen-bond donors (Lipinski definition) is 2. The van der Waals surface area contributed by atoms with Gasteiger partial charge in [-0.25, -0.2) is 0 Å². The molecule has 0 aromatic heterocycles. The average molecular weight is 355 g/mol. The molecule has 1 aliphatic heterocycles. The summed E-state index contributed by atoms with van der Waals surface area (Å²) >= 11 is 0. The Bertz CT molecular complexity index is 635. The Balaban J connectivity index is 2.05. The lowest BCUT2D eigenvalue weighted by atomic mass is 9.93. The van der Waals surface area contributed by atoms with Crippen LogP contribution in [0.4, 0.5) is 8.78 Å². The second-order valence-corrected chi connectivity index (χ2v) is 5.39. The van der Waals surface area contributed by atoms with Crippen LogP contribution in [-0.4, -0.2) is 49.1 Å². The molecule has 1 aromatic rings. The van der Waals surface area contributed by atoms with Gasteiger partial charge >= 0.3 is 6.61 Å². The first-order valence-electron chi connectivity index (χ1n) is 7.40. The molecule has 1 heterocycles. The van der Waals surface area contributed by atoms with Gasteiger partial charge in [-0.2, -0.15) is 8.78 Å². The maximum Gasteiger partial charge on any atom is 0.345 e. The van der Waals surface area contributed by atoms with Crippen LogP contribution in [0.1, 0.15) is 5.56 Å². The van der Waals surface area contributed by atoms with Crippen molar-refractivity contribution < 1.29 is 32.6 Å². The van der Waals surface area contributed by atoms with Gasteiger partial charge in [0.1, 0.15) is 0 Å². The van der Waals surface area contributed by atoms with Crippen LogP contribution in [0.25, 0.3) is 0 Å². The number of alkyl halides is 2. The van der Waals surface area contributed by atoms with Gasteiger partial charge in [0.25, 0.3) is 5.91 Å². The molecule has 0 spiro atoms. The molecule has 3 N–H and O–H groups in total. The second-order valence-electron chi connectivity index (χ2n) is 5.39. The zero-order valence-electron chi connectivity index (χ0n) is 13.1. The third kappa shape index (κ3) is 5.04. The molecule has 25 heavy (non-hydrogen) atoms. The van der Waals surface area contributed by atoms with E-state index in [0.29, 0.717) is 0 Å². The lowest BCUT2D eigenvalue weighted by molar-refractivity contribution is -0.138. The predicted molar refractivity (Wildman–Crippen MR) is 81.2 cm³/mol. The molecule has 1 aromatic carbocycles. The van der Waals surface area contributed by atoms with Gasteiger partial charge in [-0.15, -0.1) is 0 Å². The number of ketones is 1. The predicted octanol–water partition coefficient (Wildman–Crippen LogP) is -0.0192. The average Bonchev–Trinajstić information content (AvgIpc) is 3.36. The van der Waals surface area contributed by atoms with Crippen LogP contribution in [-0.2, 0) is 30.3 Å². The Morgan fingerprint density at radius 2 is 1.96 bits per heavy atom. The van der Waals surface area contributed by atoms with Gasteiger partial charge in [0.05, 0.1) is 25.7 Å². The van der Waals surface area contributed by atoms with E-state index in [9.17, 15) is 23.2 Å². The van der Waals surface area contributed by atoms with Gasteiger partial charge in [0.15, 0.2) is 5.78 Å². The highest BCUT2D eigenvalue weighted by atomic mass is 19.3. The molecular formula is C16H17F2N2O5. The monoisotopic (exact) mass is 355 g/mol. The van der Waals surface area contributed by atoms with E-state index in [0.717, 1.165) is 12.0 Å². The number of ether oxygens (including phenoxy) is 2. The van der Waals surface area contributed by atoms with Crippen molar-refractivity contribution in [3.8, 4) is 0 Å². The molecule has 1 fully saturated rings. The summed E-state index contributed by atoms with van der Waals surface area (Å²) in [5.74, 6) is -2.40. The fraction of sp³-hybridized carbons (Fsp3) is 0.375. The van der Waals surface area contributed by atoms with Gasteiger partial charge in [0, 0.05) is 0 Å². The summed E-state index contributed by atoms with van der Waals surface area (Å²) in [5.41, 5.74) is 4.18. The van der Waals surface area contributed by atoms with Crippen LogP contribution in [0.3, 0.4) is 0 Å².